The minimum absolute atomic E-state index is 0. The summed E-state index contributed by atoms with van der Waals surface area (Å²) in [7, 11) is 0. The van der Waals surface area contributed by atoms with E-state index in [-0.39, 0.29) is 51.4 Å². The van der Waals surface area contributed by atoms with Gasteiger partial charge in [0.2, 0.25) is 0 Å². The molecule has 0 aliphatic carbocycles. The number of aliphatic carboxylic acids is 1. The summed E-state index contributed by atoms with van der Waals surface area (Å²) in [4.78, 5) is 10.1. The van der Waals surface area contributed by atoms with Gasteiger partial charge in [-0.05, 0) is 18.4 Å². The molecule has 5 heteroatoms. The van der Waals surface area contributed by atoms with Gasteiger partial charge in [0.1, 0.15) is 6.04 Å². The Morgan fingerprint density at radius 2 is 2.30 bits per heavy atom. The topological polar surface area (TPSA) is 63.3 Å². The van der Waals surface area contributed by atoms with Crippen LogP contribution >= 0.6 is 11.8 Å². The summed E-state index contributed by atoms with van der Waals surface area (Å²) in [6.07, 6.45) is 2.48. The van der Waals surface area contributed by atoms with Crippen molar-refractivity contribution in [3.05, 3.63) is 0 Å². The van der Waals surface area contributed by atoms with Crippen LogP contribution in [0.2, 0.25) is 0 Å². The number of hydrogen-bond donors (Lipinski definition) is 2. The molecule has 0 unspecified atom stereocenters. The first kappa shape index (κ1) is 14.0. The Kier molecular flexibility index (Phi) is 11.9. The van der Waals surface area contributed by atoms with Crippen LogP contribution in [0.15, 0.2) is 0 Å². The van der Waals surface area contributed by atoms with Gasteiger partial charge in [-0.25, -0.2) is 0 Å². The normalized spacial score (nSPS) is 11.8. The summed E-state index contributed by atoms with van der Waals surface area (Å²) < 4.78 is 0. The Hall–Kier alpha value is 1.42. The maximum absolute atomic E-state index is 10.1. The van der Waals surface area contributed by atoms with Crippen LogP contribution < -0.4 is 5.73 Å². The molecule has 0 aromatic carbocycles. The van der Waals surface area contributed by atoms with E-state index >= 15 is 0 Å². The monoisotopic (exact) mass is 189 g/mol. The average molecular weight is 189 g/mol. The van der Waals surface area contributed by atoms with Crippen molar-refractivity contribution in [1.82, 2.24) is 0 Å². The van der Waals surface area contributed by atoms with Crippen LogP contribution in [0.4, 0.5) is 0 Å². The molecule has 10 heavy (non-hydrogen) atoms. The summed E-state index contributed by atoms with van der Waals surface area (Å²) in [5.41, 5.74) is 5.19. The number of nitrogens with two attached hydrogens (primary N) is 1. The summed E-state index contributed by atoms with van der Waals surface area (Å²) in [5, 5.41) is 8.27. The molecule has 0 aliphatic rings. The van der Waals surface area contributed by atoms with Gasteiger partial charge >= 0.3 is 57.4 Å². The Labute approximate surface area is 108 Å². The first-order valence-corrected chi connectivity index (χ1v) is 4.05. The van der Waals surface area contributed by atoms with Gasteiger partial charge in [-0.2, -0.15) is 11.8 Å². The molecule has 0 aliphatic heterocycles. The molecule has 0 bridgehead atoms. The van der Waals surface area contributed by atoms with Crippen molar-refractivity contribution in [2.24, 2.45) is 5.73 Å². The van der Waals surface area contributed by atoms with Gasteiger partial charge < -0.3 is 10.8 Å². The van der Waals surface area contributed by atoms with Crippen LogP contribution in [0.5, 0.6) is 0 Å². The summed E-state index contributed by atoms with van der Waals surface area (Å²) in [6, 6.07) is -0.683. The van der Waals surface area contributed by atoms with E-state index in [2.05, 4.69) is 0 Å². The van der Waals surface area contributed by atoms with E-state index in [9.17, 15) is 4.79 Å². The molecule has 0 aromatic rings. The van der Waals surface area contributed by atoms with Crippen molar-refractivity contribution in [3.63, 3.8) is 0 Å². The second-order valence-electron chi connectivity index (χ2n) is 1.73. The SMILES string of the molecule is CSCC[C@H](N)C(=O)O.[KH]. The first-order valence-electron chi connectivity index (χ1n) is 2.65. The maximum atomic E-state index is 10.1. The van der Waals surface area contributed by atoms with Crippen molar-refractivity contribution in [2.75, 3.05) is 12.0 Å². The van der Waals surface area contributed by atoms with Gasteiger partial charge in [0, 0.05) is 0 Å². The Morgan fingerprint density at radius 3 is 2.60 bits per heavy atom. The quantitative estimate of drug-likeness (QED) is 0.585. The molecule has 0 spiro atoms. The van der Waals surface area contributed by atoms with Crippen LogP contribution in [0, 0.1) is 0 Å². The summed E-state index contributed by atoms with van der Waals surface area (Å²) in [6.45, 7) is 0. The molecule has 0 heterocycles. The molecule has 56 valence electrons. The fraction of sp³-hybridized carbons (Fsp3) is 0.800. The Morgan fingerprint density at radius 1 is 1.80 bits per heavy atom. The average Bonchev–Trinajstić information content (AvgIpc) is 1.82. The number of rotatable bonds is 4. The second-order valence-corrected chi connectivity index (χ2v) is 2.71. The van der Waals surface area contributed by atoms with E-state index in [0.717, 1.165) is 5.75 Å². The van der Waals surface area contributed by atoms with Gasteiger partial charge in [0.15, 0.2) is 0 Å². The molecule has 3 nitrogen and oxygen atoms in total. The third kappa shape index (κ3) is 7.52. The predicted octanol–water partition coefficient (Wildman–Crippen LogP) is -0.497. The van der Waals surface area contributed by atoms with E-state index in [1.54, 1.807) is 11.8 Å². The van der Waals surface area contributed by atoms with Crippen LogP contribution in [0.25, 0.3) is 0 Å². The van der Waals surface area contributed by atoms with Crippen LogP contribution in [0.3, 0.4) is 0 Å². The van der Waals surface area contributed by atoms with Crippen molar-refractivity contribution < 1.29 is 9.90 Å². The zero-order valence-electron chi connectivity index (χ0n) is 5.33. The van der Waals surface area contributed by atoms with Gasteiger partial charge in [-0.15, -0.1) is 0 Å². The van der Waals surface area contributed by atoms with Crippen LogP contribution in [-0.2, 0) is 4.79 Å². The molecule has 0 radical (unpaired) electrons. The Bertz CT molecular complexity index is 102. The molecule has 0 rings (SSSR count). The van der Waals surface area contributed by atoms with Gasteiger partial charge in [-0.3, -0.25) is 4.79 Å². The van der Waals surface area contributed by atoms with E-state index in [0.29, 0.717) is 6.42 Å². The van der Waals surface area contributed by atoms with Gasteiger partial charge in [-0.1, -0.05) is 0 Å². The van der Waals surface area contributed by atoms with E-state index < -0.39 is 12.0 Å². The molecule has 0 saturated heterocycles. The van der Waals surface area contributed by atoms with Crippen molar-refractivity contribution in [3.8, 4) is 0 Å². The zero-order valence-corrected chi connectivity index (χ0v) is 6.15. The number of carboxylic acids is 1. The van der Waals surface area contributed by atoms with Crippen molar-refractivity contribution in [2.45, 2.75) is 12.5 Å². The van der Waals surface area contributed by atoms with Crippen molar-refractivity contribution in [1.29, 1.82) is 0 Å². The fourth-order valence-corrected chi connectivity index (χ4v) is 0.858. The van der Waals surface area contributed by atoms with E-state index in [1.807, 2.05) is 6.26 Å². The zero-order chi connectivity index (χ0) is 7.28. The van der Waals surface area contributed by atoms with Crippen molar-refractivity contribution >= 4 is 69.1 Å². The third-order valence-electron chi connectivity index (χ3n) is 0.950. The molecule has 0 fully saturated rings. The van der Waals surface area contributed by atoms with E-state index in [4.69, 9.17) is 10.8 Å². The minimum atomic E-state index is -0.913. The number of hydrogen-bond acceptors (Lipinski definition) is 3. The molecule has 0 amide bonds. The predicted molar refractivity (Wildman–Crippen MR) is 45.8 cm³/mol. The van der Waals surface area contributed by atoms with Gasteiger partial charge in [0.05, 0.1) is 0 Å². The molecular weight excluding hydrogens is 177 g/mol. The summed E-state index contributed by atoms with van der Waals surface area (Å²) in [5.74, 6) is -0.1000. The fourth-order valence-electron chi connectivity index (χ4n) is 0.368. The van der Waals surface area contributed by atoms with Crippen LogP contribution in [0.1, 0.15) is 6.42 Å². The Balaban J connectivity index is 0. The van der Waals surface area contributed by atoms with E-state index in [1.165, 1.54) is 0 Å². The first-order chi connectivity index (χ1) is 4.18. The van der Waals surface area contributed by atoms with Crippen LogP contribution in [-0.4, -0.2) is 80.5 Å². The molecule has 3 N–H and O–H groups in total. The number of carbonyl (C=O) groups is 1. The molecule has 0 aromatic heterocycles. The molecular formula is C5H12KNO2S. The third-order valence-corrected chi connectivity index (χ3v) is 1.59. The number of thioether (sulfide) groups is 1. The standard InChI is InChI=1S/C5H11NO2S.K.H/c1-9-3-2-4(6)5(7)8;;/h4H,2-3,6H2,1H3,(H,7,8);;/t4-;;/m0../s1. The van der Waals surface area contributed by atoms with Gasteiger partial charge in [0.25, 0.3) is 0 Å². The second kappa shape index (κ2) is 8.51. The summed E-state index contributed by atoms with van der Waals surface area (Å²) >= 11 is 1.60. The number of carboxylic acid groups (broad SMARTS) is 1. The molecule has 1 atom stereocenters. The molecule has 0 saturated carbocycles.